The largest absolute Gasteiger partial charge is 0.337 e. The van der Waals surface area contributed by atoms with Gasteiger partial charge in [0.2, 0.25) is 11.7 Å². The Hall–Kier alpha value is -1.89. The van der Waals surface area contributed by atoms with E-state index >= 15 is 0 Å². The maximum Gasteiger partial charge on any atom is 0.315 e. The quantitative estimate of drug-likeness (QED) is 0.910. The highest BCUT2D eigenvalue weighted by Gasteiger charge is 2.16. The van der Waals surface area contributed by atoms with Crippen molar-refractivity contribution < 1.29 is 9.32 Å². The van der Waals surface area contributed by atoms with Crippen molar-refractivity contribution in [3.05, 3.63) is 23.4 Å². The molecule has 0 spiro atoms. The standard InChI is InChI=1S/C14H18N4O2S/c19-14(16-10-5-2-1-3-6-10)15-9-12-17-13(18-20-12)11-7-4-8-21-11/h4,7-8,10H,1-3,5-6,9H2,(H2,15,16,19). The summed E-state index contributed by atoms with van der Waals surface area (Å²) in [4.78, 5) is 17.0. The second-order valence-electron chi connectivity index (χ2n) is 5.15. The van der Waals surface area contributed by atoms with Crippen LogP contribution in [0.5, 0.6) is 0 Å². The lowest BCUT2D eigenvalue weighted by Gasteiger charge is -2.22. The predicted molar refractivity (Wildman–Crippen MR) is 79.9 cm³/mol. The Morgan fingerprint density at radius 2 is 2.24 bits per heavy atom. The van der Waals surface area contributed by atoms with Gasteiger partial charge in [-0.05, 0) is 24.3 Å². The molecule has 1 fully saturated rings. The lowest BCUT2D eigenvalue weighted by Crippen LogP contribution is -2.42. The molecule has 0 bridgehead atoms. The molecule has 2 aromatic heterocycles. The third kappa shape index (κ3) is 3.81. The van der Waals surface area contributed by atoms with Crippen LogP contribution >= 0.6 is 11.3 Å². The number of rotatable bonds is 4. The smallest absolute Gasteiger partial charge is 0.315 e. The molecule has 1 aliphatic carbocycles. The van der Waals surface area contributed by atoms with Crippen LogP contribution in [0.3, 0.4) is 0 Å². The Balaban J connectivity index is 1.47. The summed E-state index contributed by atoms with van der Waals surface area (Å²) < 4.78 is 5.13. The highest BCUT2D eigenvalue weighted by Crippen LogP contribution is 2.21. The zero-order valence-corrected chi connectivity index (χ0v) is 12.5. The van der Waals surface area contributed by atoms with E-state index in [-0.39, 0.29) is 12.6 Å². The normalized spacial score (nSPS) is 15.8. The summed E-state index contributed by atoms with van der Waals surface area (Å²) >= 11 is 1.55. The fourth-order valence-electron chi connectivity index (χ4n) is 2.47. The average molecular weight is 306 g/mol. The van der Waals surface area contributed by atoms with Gasteiger partial charge in [0.15, 0.2) is 0 Å². The summed E-state index contributed by atoms with van der Waals surface area (Å²) in [5.74, 6) is 0.978. The van der Waals surface area contributed by atoms with Crippen LogP contribution in [0.1, 0.15) is 38.0 Å². The molecule has 0 aliphatic heterocycles. The number of hydrogen-bond acceptors (Lipinski definition) is 5. The van der Waals surface area contributed by atoms with Crippen LogP contribution in [0.15, 0.2) is 22.0 Å². The first-order valence-electron chi connectivity index (χ1n) is 7.22. The van der Waals surface area contributed by atoms with Gasteiger partial charge in [0.05, 0.1) is 11.4 Å². The second kappa shape index (κ2) is 6.71. The Kier molecular flexibility index (Phi) is 4.49. The minimum atomic E-state index is -0.169. The van der Waals surface area contributed by atoms with E-state index in [2.05, 4.69) is 20.8 Å². The van der Waals surface area contributed by atoms with E-state index in [0.717, 1.165) is 17.7 Å². The van der Waals surface area contributed by atoms with E-state index in [9.17, 15) is 4.79 Å². The minimum Gasteiger partial charge on any atom is -0.337 e. The molecule has 6 nitrogen and oxygen atoms in total. The van der Waals surface area contributed by atoms with Gasteiger partial charge in [-0.3, -0.25) is 0 Å². The maximum absolute atomic E-state index is 11.8. The molecule has 3 rings (SSSR count). The molecule has 0 unspecified atom stereocenters. The van der Waals surface area contributed by atoms with Gasteiger partial charge in [-0.1, -0.05) is 30.5 Å². The molecule has 0 radical (unpaired) electrons. The molecule has 1 saturated carbocycles. The third-order valence-corrected chi connectivity index (χ3v) is 4.42. The van der Waals surface area contributed by atoms with Gasteiger partial charge in [-0.25, -0.2) is 4.79 Å². The van der Waals surface area contributed by atoms with Crippen LogP contribution in [0.25, 0.3) is 10.7 Å². The topological polar surface area (TPSA) is 80.1 Å². The van der Waals surface area contributed by atoms with Crippen LogP contribution < -0.4 is 10.6 Å². The number of carbonyl (C=O) groups is 1. The van der Waals surface area contributed by atoms with Crippen molar-refractivity contribution >= 4 is 17.4 Å². The van der Waals surface area contributed by atoms with Crippen LogP contribution in [-0.4, -0.2) is 22.2 Å². The van der Waals surface area contributed by atoms with E-state index in [1.807, 2.05) is 17.5 Å². The second-order valence-corrected chi connectivity index (χ2v) is 6.10. The summed E-state index contributed by atoms with van der Waals surface area (Å²) in [5, 5.41) is 11.6. The summed E-state index contributed by atoms with van der Waals surface area (Å²) in [7, 11) is 0. The Morgan fingerprint density at radius 1 is 1.38 bits per heavy atom. The molecule has 2 aromatic rings. The number of hydrogen-bond donors (Lipinski definition) is 2. The molecule has 1 aliphatic rings. The molecule has 0 saturated heterocycles. The lowest BCUT2D eigenvalue weighted by molar-refractivity contribution is 0.230. The number of aromatic nitrogens is 2. The molecule has 7 heteroatoms. The fourth-order valence-corrected chi connectivity index (χ4v) is 3.12. The molecule has 0 atom stereocenters. The zero-order chi connectivity index (χ0) is 14.5. The van der Waals surface area contributed by atoms with Crippen molar-refractivity contribution in [3.8, 4) is 10.7 Å². The minimum absolute atomic E-state index is 0.169. The van der Waals surface area contributed by atoms with Crippen LogP contribution in [0.4, 0.5) is 4.79 Å². The van der Waals surface area contributed by atoms with Crippen molar-refractivity contribution in [3.63, 3.8) is 0 Å². The molecular formula is C14H18N4O2S. The van der Waals surface area contributed by atoms with E-state index in [0.29, 0.717) is 17.8 Å². The number of amides is 2. The first kappa shape index (κ1) is 14.1. The van der Waals surface area contributed by atoms with Crippen molar-refractivity contribution in [2.24, 2.45) is 0 Å². The van der Waals surface area contributed by atoms with Crippen LogP contribution in [-0.2, 0) is 6.54 Å². The summed E-state index contributed by atoms with van der Waals surface area (Å²) in [5.41, 5.74) is 0. The molecule has 0 aromatic carbocycles. The Morgan fingerprint density at radius 3 is 3.00 bits per heavy atom. The SMILES string of the molecule is O=C(NCc1nc(-c2cccs2)no1)NC1CCCCC1. The third-order valence-electron chi connectivity index (χ3n) is 3.55. The van der Waals surface area contributed by atoms with Gasteiger partial charge in [0.1, 0.15) is 0 Å². The van der Waals surface area contributed by atoms with Gasteiger partial charge in [0, 0.05) is 6.04 Å². The van der Waals surface area contributed by atoms with Gasteiger partial charge in [0.25, 0.3) is 0 Å². The highest BCUT2D eigenvalue weighted by atomic mass is 32.1. The number of thiophene rings is 1. The maximum atomic E-state index is 11.8. The van der Waals surface area contributed by atoms with E-state index in [1.165, 1.54) is 19.3 Å². The first-order chi connectivity index (χ1) is 10.3. The average Bonchev–Trinajstić information content (AvgIpc) is 3.17. The van der Waals surface area contributed by atoms with Crippen LogP contribution in [0, 0.1) is 0 Å². The monoisotopic (exact) mass is 306 g/mol. The predicted octanol–water partition coefficient (Wildman–Crippen LogP) is 2.93. The molecule has 2 N–H and O–H groups in total. The number of nitrogens with zero attached hydrogens (tertiary/aromatic N) is 2. The Labute approximate surface area is 126 Å². The van der Waals surface area contributed by atoms with Crippen molar-refractivity contribution in [1.29, 1.82) is 0 Å². The van der Waals surface area contributed by atoms with Crippen molar-refractivity contribution in [1.82, 2.24) is 20.8 Å². The fraction of sp³-hybridized carbons (Fsp3) is 0.500. The summed E-state index contributed by atoms with van der Waals surface area (Å²) in [6.07, 6.45) is 5.79. The van der Waals surface area contributed by atoms with Crippen molar-refractivity contribution in [2.75, 3.05) is 0 Å². The number of carbonyl (C=O) groups excluding carboxylic acids is 1. The van der Waals surface area contributed by atoms with Gasteiger partial charge in [-0.15, -0.1) is 11.3 Å². The van der Waals surface area contributed by atoms with E-state index < -0.39 is 0 Å². The summed E-state index contributed by atoms with van der Waals surface area (Å²) in [6.45, 7) is 0.247. The van der Waals surface area contributed by atoms with Gasteiger partial charge < -0.3 is 15.2 Å². The summed E-state index contributed by atoms with van der Waals surface area (Å²) in [6, 6.07) is 4.00. The molecule has 21 heavy (non-hydrogen) atoms. The zero-order valence-electron chi connectivity index (χ0n) is 11.7. The number of urea groups is 1. The van der Waals surface area contributed by atoms with Gasteiger partial charge >= 0.3 is 6.03 Å². The van der Waals surface area contributed by atoms with Gasteiger partial charge in [-0.2, -0.15) is 4.98 Å². The van der Waals surface area contributed by atoms with E-state index in [4.69, 9.17) is 4.52 Å². The highest BCUT2D eigenvalue weighted by molar-refractivity contribution is 7.13. The Bertz CT molecular complexity index is 576. The first-order valence-corrected chi connectivity index (χ1v) is 8.10. The number of nitrogens with one attached hydrogen (secondary N) is 2. The molecular weight excluding hydrogens is 288 g/mol. The molecule has 2 amide bonds. The van der Waals surface area contributed by atoms with Crippen molar-refractivity contribution in [2.45, 2.75) is 44.7 Å². The van der Waals surface area contributed by atoms with E-state index in [1.54, 1.807) is 11.3 Å². The molecule has 112 valence electrons. The lowest BCUT2D eigenvalue weighted by atomic mass is 9.96. The van der Waals surface area contributed by atoms with Crippen LogP contribution in [0.2, 0.25) is 0 Å². The molecule has 2 heterocycles.